The normalized spacial score (nSPS) is 17.4. The van der Waals surface area contributed by atoms with Gasteiger partial charge in [-0.15, -0.1) is 0 Å². The number of rotatable bonds is 6. The zero-order valence-electron chi connectivity index (χ0n) is 14.5. The van der Waals surface area contributed by atoms with Crippen molar-refractivity contribution in [2.24, 2.45) is 0 Å². The summed E-state index contributed by atoms with van der Waals surface area (Å²) in [6.45, 7) is 2.77. The molecule has 0 aromatic heterocycles. The fraction of sp³-hybridized carbons (Fsp3) is 0.316. The number of hydrogen-bond acceptors (Lipinski definition) is 6. The minimum absolute atomic E-state index is 0.0317. The highest BCUT2D eigenvalue weighted by Crippen LogP contribution is 2.24. The lowest BCUT2D eigenvalue weighted by Crippen LogP contribution is -2.44. The van der Waals surface area contributed by atoms with Gasteiger partial charge >= 0.3 is 5.97 Å². The predicted molar refractivity (Wildman–Crippen MR) is 99.8 cm³/mol. The highest BCUT2D eigenvalue weighted by Gasteiger charge is 2.25. The summed E-state index contributed by atoms with van der Waals surface area (Å²) >= 11 is 5.76. The molecule has 8 heteroatoms. The number of esters is 1. The van der Waals surface area contributed by atoms with Gasteiger partial charge in [-0.2, -0.15) is 0 Å². The molecule has 1 fully saturated rings. The summed E-state index contributed by atoms with van der Waals surface area (Å²) < 4.78 is 10.9. The highest BCUT2D eigenvalue weighted by atomic mass is 35.5. The number of morpholine rings is 1. The summed E-state index contributed by atoms with van der Waals surface area (Å²) in [7, 11) is 0. The van der Waals surface area contributed by atoms with E-state index in [0.29, 0.717) is 13.2 Å². The molecule has 1 heterocycles. The number of halogens is 1. The van der Waals surface area contributed by atoms with E-state index in [9.17, 15) is 14.9 Å². The lowest BCUT2D eigenvalue weighted by molar-refractivity contribution is -0.385. The molecule has 0 aliphatic carbocycles. The number of nitrogens with zero attached hydrogens (tertiary/aromatic N) is 2. The third-order valence-electron chi connectivity index (χ3n) is 4.25. The number of carbonyl (C=O) groups is 1. The lowest BCUT2D eigenvalue weighted by atomic mass is 10.2. The Morgan fingerprint density at radius 1 is 1.30 bits per heavy atom. The first-order chi connectivity index (χ1) is 13.0. The maximum absolute atomic E-state index is 12.3. The number of nitro groups is 1. The van der Waals surface area contributed by atoms with Crippen molar-refractivity contribution in [3.8, 4) is 0 Å². The number of carbonyl (C=O) groups excluding carboxylic acids is 1. The molecule has 1 atom stereocenters. The Bertz CT molecular complexity index is 815. The van der Waals surface area contributed by atoms with Gasteiger partial charge < -0.3 is 9.47 Å². The van der Waals surface area contributed by atoms with Crippen LogP contribution in [0.15, 0.2) is 48.5 Å². The summed E-state index contributed by atoms with van der Waals surface area (Å²) in [5.74, 6) is -0.762. The summed E-state index contributed by atoms with van der Waals surface area (Å²) in [5, 5.41) is 11.3. The Morgan fingerprint density at radius 2 is 2.07 bits per heavy atom. The Morgan fingerprint density at radius 3 is 2.81 bits per heavy atom. The molecule has 1 aliphatic rings. The third kappa shape index (κ3) is 5.26. The van der Waals surface area contributed by atoms with Crippen LogP contribution in [0.1, 0.15) is 15.9 Å². The van der Waals surface area contributed by atoms with Crippen LogP contribution in [0.25, 0.3) is 0 Å². The molecule has 0 spiro atoms. The third-order valence-corrected chi connectivity index (χ3v) is 4.48. The van der Waals surface area contributed by atoms with E-state index in [1.807, 2.05) is 18.2 Å². The first-order valence-electron chi connectivity index (χ1n) is 8.52. The molecular formula is C19H19ClN2O5. The van der Waals surface area contributed by atoms with Crippen molar-refractivity contribution in [2.75, 3.05) is 26.3 Å². The Kier molecular flexibility index (Phi) is 6.39. The minimum Gasteiger partial charge on any atom is -0.459 e. The van der Waals surface area contributed by atoms with Gasteiger partial charge in [0, 0.05) is 30.7 Å². The fourth-order valence-corrected chi connectivity index (χ4v) is 3.11. The zero-order valence-corrected chi connectivity index (χ0v) is 15.3. The van der Waals surface area contributed by atoms with Crippen LogP contribution in [0.4, 0.5) is 5.69 Å². The first-order valence-corrected chi connectivity index (χ1v) is 8.89. The summed E-state index contributed by atoms with van der Waals surface area (Å²) in [5.41, 5.74) is 0.705. The molecule has 2 aromatic rings. The molecule has 27 heavy (non-hydrogen) atoms. The number of nitro benzene ring substituents is 1. The van der Waals surface area contributed by atoms with Gasteiger partial charge in [0.05, 0.1) is 11.5 Å². The van der Waals surface area contributed by atoms with E-state index in [0.717, 1.165) is 19.2 Å². The summed E-state index contributed by atoms with van der Waals surface area (Å²) in [4.78, 5) is 24.9. The van der Waals surface area contributed by atoms with E-state index < -0.39 is 10.9 Å². The molecule has 7 nitrogen and oxygen atoms in total. The van der Waals surface area contributed by atoms with E-state index in [4.69, 9.17) is 21.1 Å². The number of ether oxygens (including phenoxy) is 2. The Balaban J connectivity index is 1.56. The predicted octanol–water partition coefficient (Wildman–Crippen LogP) is 3.31. The van der Waals surface area contributed by atoms with Crippen molar-refractivity contribution < 1.29 is 19.2 Å². The van der Waals surface area contributed by atoms with Gasteiger partial charge in [-0.25, -0.2) is 4.79 Å². The van der Waals surface area contributed by atoms with Gasteiger partial charge in [0.1, 0.15) is 18.3 Å². The van der Waals surface area contributed by atoms with Gasteiger partial charge in [-0.1, -0.05) is 41.9 Å². The first kappa shape index (κ1) is 19.3. The molecule has 1 unspecified atom stereocenters. The zero-order chi connectivity index (χ0) is 19.2. The maximum atomic E-state index is 12.3. The Hall–Kier alpha value is -2.48. The van der Waals surface area contributed by atoms with Crippen LogP contribution >= 0.6 is 11.6 Å². The second-order valence-corrected chi connectivity index (χ2v) is 6.67. The fourth-order valence-electron chi connectivity index (χ4n) is 2.94. The second kappa shape index (κ2) is 8.94. The summed E-state index contributed by atoms with van der Waals surface area (Å²) in [6, 6.07) is 13.9. The van der Waals surface area contributed by atoms with Gasteiger partial charge in [-0.05, 0) is 17.7 Å². The standard InChI is InChI=1S/C19H19ClN2O5/c20-15-6-7-17(18(10-15)22(24)25)19(23)27-13-16-12-21(8-9-26-16)11-14-4-2-1-3-5-14/h1-7,10,16H,8-9,11-13H2. The van der Waals surface area contributed by atoms with E-state index >= 15 is 0 Å². The van der Waals surface area contributed by atoms with E-state index in [-0.39, 0.29) is 29.0 Å². The average molecular weight is 391 g/mol. The second-order valence-electron chi connectivity index (χ2n) is 6.23. The largest absolute Gasteiger partial charge is 0.459 e. The molecule has 0 amide bonds. The highest BCUT2D eigenvalue weighted by molar-refractivity contribution is 6.31. The van der Waals surface area contributed by atoms with Gasteiger partial charge in [0.2, 0.25) is 0 Å². The molecule has 2 aromatic carbocycles. The molecule has 0 N–H and O–H groups in total. The average Bonchev–Trinajstić information content (AvgIpc) is 2.67. The molecule has 0 saturated carbocycles. The van der Waals surface area contributed by atoms with E-state index in [1.165, 1.54) is 17.7 Å². The van der Waals surface area contributed by atoms with Crippen molar-refractivity contribution in [2.45, 2.75) is 12.6 Å². The van der Waals surface area contributed by atoms with Crippen LogP contribution in [-0.4, -0.2) is 48.2 Å². The lowest BCUT2D eigenvalue weighted by Gasteiger charge is -2.32. The Labute approximate surface area is 161 Å². The van der Waals surface area contributed by atoms with Crippen molar-refractivity contribution in [1.29, 1.82) is 0 Å². The summed E-state index contributed by atoms with van der Waals surface area (Å²) in [6.07, 6.45) is -0.280. The van der Waals surface area contributed by atoms with Gasteiger partial charge in [0.25, 0.3) is 5.69 Å². The monoisotopic (exact) mass is 390 g/mol. The van der Waals surface area contributed by atoms with Crippen LogP contribution in [-0.2, 0) is 16.0 Å². The quantitative estimate of drug-likeness (QED) is 0.427. The number of hydrogen-bond donors (Lipinski definition) is 0. The van der Waals surface area contributed by atoms with Crippen molar-refractivity contribution >= 4 is 23.3 Å². The van der Waals surface area contributed by atoms with Crippen molar-refractivity contribution in [1.82, 2.24) is 4.90 Å². The molecule has 1 aliphatic heterocycles. The van der Waals surface area contributed by atoms with Crippen LogP contribution < -0.4 is 0 Å². The minimum atomic E-state index is -0.762. The topological polar surface area (TPSA) is 81.9 Å². The van der Waals surface area contributed by atoms with Crippen LogP contribution in [0, 0.1) is 10.1 Å². The van der Waals surface area contributed by atoms with Gasteiger partial charge in [-0.3, -0.25) is 15.0 Å². The smallest absolute Gasteiger partial charge is 0.345 e. The molecule has 1 saturated heterocycles. The molecule has 3 rings (SSSR count). The van der Waals surface area contributed by atoms with Crippen molar-refractivity contribution in [3.63, 3.8) is 0 Å². The van der Waals surface area contributed by atoms with E-state index in [2.05, 4.69) is 17.0 Å². The van der Waals surface area contributed by atoms with Crippen LogP contribution in [0.3, 0.4) is 0 Å². The van der Waals surface area contributed by atoms with Crippen LogP contribution in [0.5, 0.6) is 0 Å². The van der Waals surface area contributed by atoms with Crippen molar-refractivity contribution in [3.05, 3.63) is 74.8 Å². The van der Waals surface area contributed by atoms with Crippen LogP contribution in [0.2, 0.25) is 5.02 Å². The van der Waals surface area contributed by atoms with E-state index in [1.54, 1.807) is 0 Å². The van der Waals surface area contributed by atoms with Gasteiger partial charge in [0.15, 0.2) is 0 Å². The molecule has 0 radical (unpaired) electrons. The molecule has 142 valence electrons. The molecule has 0 bridgehead atoms. The SMILES string of the molecule is O=C(OCC1CN(Cc2ccccc2)CCO1)c1ccc(Cl)cc1[N+](=O)[O-]. The molecular weight excluding hydrogens is 372 g/mol. The number of benzene rings is 2. The maximum Gasteiger partial charge on any atom is 0.345 e.